The molecule has 0 spiro atoms. The van der Waals surface area contributed by atoms with Crippen LogP contribution in [0, 0.1) is 10.1 Å². The van der Waals surface area contributed by atoms with Crippen LogP contribution in [0.5, 0.6) is 11.5 Å². The number of nitro groups is 1. The minimum atomic E-state index is -0.530. The maximum absolute atomic E-state index is 12.1. The van der Waals surface area contributed by atoms with Crippen molar-refractivity contribution in [1.29, 1.82) is 0 Å². The summed E-state index contributed by atoms with van der Waals surface area (Å²) in [5, 5.41) is 10.9. The molecule has 0 aromatic heterocycles. The largest absolute Gasteiger partial charge is 0.461 e. The van der Waals surface area contributed by atoms with Crippen molar-refractivity contribution in [3.8, 4) is 11.5 Å². The van der Waals surface area contributed by atoms with Crippen LogP contribution >= 0.6 is 11.6 Å². The van der Waals surface area contributed by atoms with E-state index in [0.717, 1.165) is 5.56 Å². The summed E-state index contributed by atoms with van der Waals surface area (Å²) in [4.78, 5) is 22.3. The Morgan fingerprint density at radius 1 is 0.964 bits per heavy atom. The summed E-state index contributed by atoms with van der Waals surface area (Å²) in [5.41, 5.74) is 1.52. The molecule has 0 bridgehead atoms. The third kappa shape index (κ3) is 5.31. The van der Waals surface area contributed by atoms with Crippen LogP contribution in [-0.4, -0.2) is 10.9 Å². The minimum Gasteiger partial charge on any atom is -0.461 e. The van der Waals surface area contributed by atoms with Crippen LogP contribution in [0.3, 0.4) is 0 Å². The summed E-state index contributed by atoms with van der Waals surface area (Å²) >= 11 is 6.04. The highest BCUT2D eigenvalue weighted by Gasteiger charge is 2.12. The van der Waals surface area contributed by atoms with E-state index in [1.54, 1.807) is 24.3 Å². The first-order chi connectivity index (χ1) is 13.5. The van der Waals surface area contributed by atoms with E-state index in [9.17, 15) is 14.9 Å². The molecule has 3 rings (SSSR count). The number of esters is 1. The molecule has 0 unspecified atom stereocenters. The second-order valence-corrected chi connectivity index (χ2v) is 6.35. The van der Waals surface area contributed by atoms with Crippen LogP contribution in [0.15, 0.2) is 72.8 Å². The first-order valence-electron chi connectivity index (χ1n) is 8.41. The van der Waals surface area contributed by atoms with Crippen molar-refractivity contribution < 1.29 is 19.2 Å². The lowest BCUT2D eigenvalue weighted by atomic mass is 10.1. The second kappa shape index (κ2) is 9.01. The maximum atomic E-state index is 12.1. The zero-order valence-corrected chi connectivity index (χ0v) is 15.5. The topological polar surface area (TPSA) is 78.7 Å². The predicted molar refractivity (Wildman–Crippen MR) is 105 cm³/mol. The number of halogens is 1. The molecule has 6 nitrogen and oxygen atoms in total. The molecule has 0 radical (unpaired) electrons. The molecule has 3 aromatic carbocycles. The van der Waals surface area contributed by atoms with Crippen LogP contribution in [0.25, 0.3) is 0 Å². The van der Waals surface area contributed by atoms with Gasteiger partial charge in [-0.05, 0) is 29.3 Å². The molecule has 0 saturated heterocycles. The lowest BCUT2D eigenvalue weighted by molar-refractivity contribution is -0.384. The first-order valence-corrected chi connectivity index (χ1v) is 8.79. The van der Waals surface area contributed by atoms with Gasteiger partial charge in [-0.2, -0.15) is 0 Å². The number of non-ortho nitro benzene ring substituents is 1. The van der Waals surface area contributed by atoms with Gasteiger partial charge >= 0.3 is 5.97 Å². The summed E-state index contributed by atoms with van der Waals surface area (Å²) in [5.74, 6) is 0.398. The molecule has 0 atom stereocenters. The van der Waals surface area contributed by atoms with Crippen molar-refractivity contribution in [2.75, 3.05) is 0 Å². The zero-order chi connectivity index (χ0) is 19.9. The van der Waals surface area contributed by atoms with Gasteiger partial charge in [-0.25, -0.2) is 0 Å². The van der Waals surface area contributed by atoms with E-state index >= 15 is 0 Å². The molecule has 3 aromatic rings. The van der Waals surface area contributed by atoms with Gasteiger partial charge in [0.1, 0.15) is 18.1 Å². The lowest BCUT2D eigenvalue weighted by Crippen LogP contribution is -2.08. The molecule has 0 aliphatic carbocycles. The average molecular weight is 398 g/mol. The van der Waals surface area contributed by atoms with Crippen molar-refractivity contribution in [1.82, 2.24) is 0 Å². The van der Waals surface area contributed by atoms with Gasteiger partial charge in [-0.15, -0.1) is 0 Å². The van der Waals surface area contributed by atoms with Crippen molar-refractivity contribution in [3.05, 3.63) is 99.1 Å². The standard InChI is InChI=1S/C21H16ClNO5/c22-19-13-17(23(25)26)9-10-20(19)28-18-8-4-7-16(11-18)12-21(24)27-14-15-5-2-1-3-6-15/h1-11,13H,12,14H2. The fraction of sp³-hybridized carbons (Fsp3) is 0.0952. The highest BCUT2D eigenvalue weighted by molar-refractivity contribution is 6.32. The Morgan fingerprint density at radius 3 is 2.43 bits per heavy atom. The number of ether oxygens (including phenoxy) is 2. The maximum Gasteiger partial charge on any atom is 0.310 e. The summed E-state index contributed by atoms with van der Waals surface area (Å²) < 4.78 is 11.0. The zero-order valence-electron chi connectivity index (χ0n) is 14.7. The van der Waals surface area contributed by atoms with Crippen LogP contribution in [0.1, 0.15) is 11.1 Å². The molecule has 0 fully saturated rings. The minimum absolute atomic E-state index is 0.0953. The van der Waals surface area contributed by atoms with E-state index < -0.39 is 4.92 Å². The van der Waals surface area contributed by atoms with E-state index in [-0.39, 0.29) is 35.5 Å². The molecular weight excluding hydrogens is 382 g/mol. The molecule has 142 valence electrons. The smallest absolute Gasteiger partial charge is 0.310 e. The third-order valence-electron chi connectivity index (χ3n) is 3.84. The number of hydrogen-bond acceptors (Lipinski definition) is 5. The summed E-state index contributed by atoms with van der Waals surface area (Å²) in [7, 11) is 0. The summed E-state index contributed by atoms with van der Waals surface area (Å²) in [6, 6.07) is 20.3. The normalized spacial score (nSPS) is 10.3. The van der Waals surface area contributed by atoms with E-state index in [4.69, 9.17) is 21.1 Å². The van der Waals surface area contributed by atoms with Gasteiger partial charge in [0, 0.05) is 12.1 Å². The highest BCUT2D eigenvalue weighted by atomic mass is 35.5. The second-order valence-electron chi connectivity index (χ2n) is 5.94. The van der Waals surface area contributed by atoms with Gasteiger partial charge in [0.15, 0.2) is 0 Å². The average Bonchev–Trinajstić information content (AvgIpc) is 2.69. The Morgan fingerprint density at radius 2 is 1.71 bits per heavy atom. The van der Waals surface area contributed by atoms with Crippen molar-refractivity contribution >= 4 is 23.3 Å². The fourth-order valence-electron chi connectivity index (χ4n) is 2.49. The van der Waals surface area contributed by atoms with E-state index in [1.165, 1.54) is 18.2 Å². The van der Waals surface area contributed by atoms with Gasteiger partial charge in [0.25, 0.3) is 5.69 Å². The van der Waals surface area contributed by atoms with Gasteiger partial charge in [-0.1, -0.05) is 54.1 Å². The van der Waals surface area contributed by atoms with Gasteiger partial charge in [-0.3, -0.25) is 14.9 Å². The molecular formula is C21H16ClNO5. The van der Waals surface area contributed by atoms with Crippen LogP contribution in [0.4, 0.5) is 5.69 Å². The van der Waals surface area contributed by atoms with Gasteiger partial charge in [0.05, 0.1) is 16.4 Å². The monoisotopic (exact) mass is 397 g/mol. The number of hydrogen-bond donors (Lipinski definition) is 0. The van der Waals surface area contributed by atoms with E-state index in [2.05, 4.69) is 0 Å². The molecule has 0 amide bonds. The van der Waals surface area contributed by atoms with Crippen molar-refractivity contribution in [3.63, 3.8) is 0 Å². The van der Waals surface area contributed by atoms with Crippen LogP contribution < -0.4 is 4.74 Å². The van der Waals surface area contributed by atoms with Gasteiger partial charge in [0.2, 0.25) is 0 Å². The Kier molecular flexibility index (Phi) is 6.24. The number of nitrogens with zero attached hydrogens (tertiary/aromatic N) is 1. The summed E-state index contributed by atoms with van der Waals surface area (Å²) in [6.45, 7) is 0.217. The molecule has 0 N–H and O–H groups in total. The number of benzene rings is 3. The molecule has 28 heavy (non-hydrogen) atoms. The number of carbonyl (C=O) groups excluding carboxylic acids is 1. The van der Waals surface area contributed by atoms with Crippen molar-refractivity contribution in [2.45, 2.75) is 13.0 Å². The fourth-order valence-corrected chi connectivity index (χ4v) is 2.70. The molecule has 0 aliphatic heterocycles. The predicted octanol–water partition coefficient (Wildman–Crippen LogP) is 5.33. The van der Waals surface area contributed by atoms with Crippen molar-refractivity contribution in [2.24, 2.45) is 0 Å². The lowest BCUT2D eigenvalue weighted by Gasteiger charge is -2.09. The summed E-state index contributed by atoms with van der Waals surface area (Å²) in [6.07, 6.45) is 0.0953. The Hall–Kier alpha value is -3.38. The van der Waals surface area contributed by atoms with E-state index in [1.807, 2.05) is 30.3 Å². The molecule has 0 heterocycles. The SMILES string of the molecule is O=C(Cc1cccc(Oc2ccc([N+](=O)[O-])cc2Cl)c1)OCc1ccccc1. The van der Waals surface area contributed by atoms with Gasteiger partial charge < -0.3 is 9.47 Å². The first kappa shape index (κ1) is 19.4. The number of carbonyl (C=O) groups is 1. The Bertz CT molecular complexity index is 991. The highest BCUT2D eigenvalue weighted by Crippen LogP contribution is 2.32. The number of nitro benzene ring substituents is 1. The third-order valence-corrected chi connectivity index (χ3v) is 4.14. The Balaban J connectivity index is 1.62. The number of rotatable bonds is 7. The molecule has 0 aliphatic rings. The molecule has 0 saturated carbocycles. The van der Waals surface area contributed by atoms with E-state index in [0.29, 0.717) is 11.3 Å². The van der Waals surface area contributed by atoms with Crippen LogP contribution in [0.2, 0.25) is 5.02 Å². The van der Waals surface area contributed by atoms with Crippen LogP contribution in [-0.2, 0) is 22.6 Å². The Labute approximate surface area is 166 Å². The molecule has 7 heteroatoms. The quantitative estimate of drug-likeness (QED) is 0.306.